The van der Waals surface area contributed by atoms with Crippen LogP contribution in [-0.2, 0) is 16.0 Å². The highest BCUT2D eigenvalue weighted by atomic mass is 19.1. The molecule has 0 radical (unpaired) electrons. The summed E-state index contributed by atoms with van der Waals surface area (Å²) < 4.78 is 17.7. The zero-order valence-electron chi connectivity index (χ0n) is 12.1. The van der Waals surface area contributed by atoms with E-state index in [0.29, 0.717) is 17.9 Å². The van der Waals surface area contributed by atoms with Crippen LogP contribution in [0, 0.1) is 5.82 Å². The van der Waals surface area contributed by atoms with Gasteiger partial charge in [0.05, 0.1) is 13.0 Å². The standard InChI is InChI=1S/C17H16FNO3/c1-2-22-16(20)11-12-3-9-15(10-4-12)19-17(21)13-5-7-14(18)8-6-13/h3-10H,2,11H2,1H3,(H,19,21). The highest BCUT2D eigenvalue weighted by Crippen LogP contribution is 2.12. The van der Waals surface area contributed by atoms with Gasteiger partial charge in [0.15, 0.2) is 0 Å². The van der Waals surface area contributed by atoms with Gasteiger partial charge < -0.3 is 10.1 Å². The van der Waals surface area contributed by atoms with Crippen LogP contribution in [-0.4, -0.2) is 18.5 Å². The fraction of sp³-hybridized carbons (Fsp3) is 0.176. The normalized spacial score (nSPS) is 10.1. The third-order valence-corrected chi connectivity index (χ3v) is 2.97. The van der Waals surface area contributed by atoms with E-state index in [-0.39, 0.29) is 24.1 Å². The van der Waals surface area contributed by atoms with E-state index >= 15 is 0 Å². The van der Waals surface area contributed by atoms with Crippen LogP contribution in [0.15, 0.2) is 48.5 Å². The van der Waals surface area contributed by atoms with Gasteiger partial charge in [-0.25, -0.2) is 4.39 Å². The third-order valence-electron chi connectivity index (χ3n) is 2.97. The largest absolute Gasteiger partial charge is 0.466 e. The lowest BCUT2D eigenvalue weighted by atomic mass is 10.1. The Kier molecular flexibility index (Phi) is 5.25. The summed E-state index contributed by atoms with van der Waals surface area (Å²) in [5.74, 6) is -0.997. The summed E-state index contributed by atoms with van der Waals surface area (Å²) in [6.45, 7) is 2.11. The molecular weight excluding hydrogens is 285 g/mol. The van der Waals surface area contributed by atoms with Crippen LogP contribution >= 0.6 is 0 Å². The van der Waals surface area contributed by atoms with Crippen molar-refractivity contribution in [2.75, 3.05) is 11.9 Å². The summed E-state index contributed by atoms with van der Waals surface area (Å²) >= 11 is 0. The molecule has 0 bridgehead atoms. The second-order valence-corrected chi connectivity index (χ2v) is 4.64. The van der Waals surface area contributed by atoms with Crippen molar-refractivity contribution in [3.63, 3.8) is 0 Å². The molecule has 0 aliphatic heterocycles. The topological polar surface area (TPSA) is 55.4 Å². The molecule has 0 aromatic heterocycles. The Labute approximate surface area is 127 Å². The predicted octanol–water partition coefficient (Wildman–Crippen LogP) is 3.18. The Morgan fingerprint density at radius 1 is 1.05 bits per heavy atom. The van der Waals surface area contributed by atoms with E-state index in [1.54, 1.807) is 31.2 Å². The smallest absolute Gasteiger partial charge is 0.310 e. The van der Waals surface area contributed by atoms with E-state index in [9.17, 15) is 14.0 Å². The molecule has 0 heterocycles. The van der Waals surface area contributed by atoms with Gasteiger partial charge in [-0.3, -0.25) is 9.59 Å². The molecule has 0 fully saturated rings. The number of esters is 1. The molecule has 114 valence electrons. The van der Waals surface area contributed by atoms with Crippen molar-refractivity contribution in [3.05, 3.63) is 65.5 Å². The Morgan fingerprint density at radius 3 is 2.27 bits per heavy atom. The summed E-state index contributed by atoms with van der Waals surface area (Å²) in [5.41, 5.74) is 1.78. The third kappa shape index (κ3) is 4.41. The second kappa shape index (κ2) is 7.36. The van der Waals surface area contributed by atoms with E-state index < -0.39 is 0 Å². The number of hydrogen-bond acceptors (Lipinski definition) is 3. The molecule has 0 spiro atoms. The van der Waals surface area contributed by atoms with Gasteiger partial charge in [-0.15, -0.1) is 0 Å². The Bertz CT molecular complexity index is 651. The molecule has 0 unspecified atom stereocenters. The van der Waals surface area contributed by atoms with Crippen LogP contribution in [0.4, 0.5) is 10.1 Å². The fourth-order valence-electron chi connectivity index (χ4n) is 1.89. The molecule has 2 rings (SSSR count). The first-order chi connectivity index (χ1) is 10.6. The van der Waals surface area contributed by atoms with Gasteiger partial charge in [0.2, 0.25) is 0 Å². The molecule has 5 heteroatoms. The number of carbonyl (C=O) groups excluding carboxylic acids is 2. The summed E-state index contributed by atoms with van der Waals surface area (Å²) in [6.07, 6.45) is 0.194. The van der Waals surface area contributed by atoms with Crippen molar-refractivity contribution in [1.82, 2.24) is 0 Å². The van der Waals surface area contributed by atoms with Crippen LogP contribution in [0.2, 0.25) is 0 Å². The quantitative estimate of drug-likeness (QED) is 0.863. The number of hydrogen-bond donors (Lipinski definition) is 1. The summed E-state index contributed by atoms with van der Waals surface area (Å²) in [4.78, 5) is 23.3. The summed E-state index contributed by atoms with van der Waals surface area (Å²) in [5, 5.41) is 2.71. The van der Waals surface area contributed by atoms with Crippen molar-refractivity contribution in [2.45, 2.75) is 13.3 Å². The van der Waals surface area contributed by atoms with Crippen molar-refractivity contribution >= 4 is 17.6 Å². The van der Waals surface area contributed by atoms with Crippen LogP contribution in [0.5, 0.6) is 0 Å². The van der Waals surface area contributed by atoms with E-state index in [1.165, 1.54) is 24.3 Å². The number of rotatable bonds is 5. The molecule has 1 amide bonds. The average Bonchev–Trinajstić information content (AvgIpc) is 2.50. The van der Waals surface area contributed by atoms with E-state index in [4.69, 9.17) is 4.74 Å². The lowest BCUT2D eigenvalue weighted by Gasteiger charge is -2.07. The maximum absolute atomic E-state index is 12.8. The fourth-order valence-corrected chi connectivity index (χ4v) is 1.89. The van der Waals surface area contributed by atoms with E-state index in [0.717, 1.165) is 5.56 Å². The molecular formula is C17H16FNO3. The molecule has 2 aromatic carbocycles. The minimum atomic E-state index is -0.389. The van der Waals surface area contributed by atoms with Crippen LogP contribution in [0.3, 0.4) is 0 Å². The van der Waals surface area contributed by atoms with Gasteiger partial charge >= 0.3 is 5.97 Å². The zero-order valence-corrected chi connectivity index (χ0v) is 12.1. The molecule has 0 aliphatic rings. The number of benzene rings is 2. The first-order valence-corrected chi connectivity index (χ1v) is 6.90. The minimum absolute atomic E-state index is 0.194. The molecule has 0 saturated carbocycles. The summed E-state index contributed by atoms with van der Waals surface area (Å²) in [7, 11) is 0. The first kappa shape index (κ1) is 15.7. The number of amides is 1. The van der Waals surface area contributed by atoms with E-state index in [2.05, 4.69) is 5.32 Å². The predicted molar refractivity (Wildman–Crippen MR) is 81.1 cm³/mol. The molecule has 2 aromatic rings. The van der Waals surface area contributed by atoms with Gasteiger partial charge in [0.1, 0.15) is 5.82 Å². The first-order valence-electron chi connectivity index (χ1n) is 6.90. The Hall–Kier alpha value is -2.69. The zero-order chi connectivity index (χ0) is 15.9. The molecule has 22 heavy (non-hydrogen) atoms. The number of carbonyl (C=O) groups is 2. The number of ether oxygens (including phenoxy) is 1. The highest BCUT2D eigenvalue weighted by Gasteiger charge is 2.07. The van der Waals surface area contributed by atoms with Crippen LogP contribution in [0.1, 0.15) is 22.8 Å². The van der Waals surface area contributed by atoms with Gasteiger partial charge in [0, 0.05) is 11.3 Å². The number of halogens is 1. The van der Waals surface area contributed by atoms with E-state index in [1.807, 2.05) is 0 Å². The maximum Gasteiger partial charge on any atom is 0.310 e. The van der Waals surface area contributed by atoms with Crippen molar-refractivity contribution in [2.24, 2.45) is 0 Å². The molecule has 0 aliphatic carbocycles. The maximum atomic E-state index is 12.8. The van der Waals surface area contributed by atoms with Crippen molar-refractivity contribution < 1.29 is 18.7 Å². The molecule has 4 nitrogen and oxygen atoms in total. The van der Waals surface area contributed by atoms with Gasteiger partial charge in [-0.05, 0) is 48.9 Å². The van der Waals surface area contributed by atoms with Gasteiger partial charge in [0.25, 0.3) is 5.91 Å². The second-order valence-electron chi connectivity index (χ2n) is 4.64. The Balaban J connectivity index is 1.97. The van der Waals surface area contributed by atoms with Crippen molar-refractivity contribution in [1.29, 1.82) is 0 Å². The van der Waals surface area contributed by atoms with Crippen LogP contribution < -0.4 is 5.32 Å². The molecule has 0 atom stereocenters. The lowest BCUT2D eigenvalue weighted by molar-refractivity contribution is -0.142. The van der Waals surface area contributed by atoms with Gasteiger partial charge in [-0.2, -0.15) is 0 Å². The average molecular weight is 301 g/mol. The summed E-state index contributed by atoms with van der Waals surface area (Å²) in [6, 6.07) is 12.2. The highest BCUT2D eigenvalue weighted by molar-refractivity contribution is 6.04. The molecule has 0 saturated heterocycles. The molecule has 1 N–H and O–H groups in total. The monoisotopic (exact) mass is 301 g/mol. The van der Waals surface area contributed by atoms with Crippen molar-refractivity contribution in [3.8, 4) is 0 Å². The number of anilines is 1. The van der Waals surface area contributed by atoms with Gasteiger partial charge in [-0.1, -0.05) is 12.1 Å². The lowest BCUT2D eigenvalue weighted by Crippen LogP contribution is -2.12. The number of nitrogens with one attached hydrogen (secondary N) is 1. The minimum Gasteiger partial charge on any atom is -0.466 e. The SMILES string of the molecule is CCOC(=O)Cc1ccc(NC(=O)c2ccc(F)cc2)cc1. The van der Waals surface area contributed by atoms with Crippen LogP contribution in [0.25, 0.3) is 0 Å². The Morgan fingerprint density at radius 2 is 1.68 bits per heavy atom.